The lowest BCUT2D eigenvalue weighted by Crippen LogP contribution is -2.21. The van der Waals surface area contributed by atoms with E-state index in [1.54, 1.807) is 18.2 Å². The van der Waals surface area contributed by atoms with Gasteiger partial charge in [-0.05, 0) is 12.1 Å². The zero-order valence-electron chi connectivity index (χ0n) is 9.31. The first-order valence-corrected chi connectivity index (χ1v) is 5.56. The van der Waals surface area contributed by atoms with Crippen LogP contribution < -0.4 is 0 Å². The smallest absolute Gasteiger partial charge is 0.361 e. The van der Waals surface area contributed by atoms with Crippen molar-refractivity contribution in [1.29, 1.82) is 0 Å². The van der Waals surface area contributed by atoms with Crippen LogP contribution in [0.5, 0.6) is 0 Å². The van der Waals surface area contributed by atoms with Gasteiger partial charge in [-0.3, -0.25) is 4.79 Å². The van der Waals surface area contributed by atoms with Crippen molar-refractivity contribution >= 4 is 40.7 Å². The average molecular weight is 290 g/mol. The second kappa shape index (κ2) is 6.37. The van der Waals surface area contributed by atoms with Crippen molar-refractivity contribution in [3.8, 4) is 0 Å². The van der Waals surface area contributed by atoms with Crippen molar-refractivity contribution in [1.82, 2.24) is 0 Å². The topological polar surface area (TPSA) is 76.0 Å². The molecule has 1 aromatic rings. The highest BCUT2D eigenvalue weighted by Gasteiger charge is 2.16. The Bertz CT molecular complexity index is 478. The molecule has 0 spiro atoms. The molecule has 1 N–H and O–H groups in total. The van der Waals surface area contributed by atoms with Gasteiger partial charge in [-0.15, -0.1) is 0 Å². The fourth-order valence-corrected chi connectivity index (χ4v) is 1.59. The summed E-state index contributed by atoms with van der Waals surface area (Å²) in [5.41, 5.74) is -0.212. The summed E-state index contributed by atoms with van der Waals surface area (Å²) in [4.78, 5) is 26.3. The molecule has 0 radical (unpaired) electrons. The number of oxime groups is 1. The van der Waals surface area contributed by atoms with Gasteiger partial charge in [0.2, 0.25) is 5.71 Å². The van der Waals surface area contributed by atoms with Crippen LogP contribution >= 0.6 is 23.2 Å². The number of benzene rings is 1. The number of hydrogen-bond acceptors (Lipinski definition) is 4. The second-order valence-electron chi connectivity index (χ2n) is 3.27. The molecule has 1 aromatic carbocycles. The van der Waals surface area contributed by atoms with Gasteiger partial charge in [0.1, 0.15) is 6.61 Å². The number of rotatable bonds is 5. The van der Waals surface area contributed by atoms with Gasteiger partial charge in [-0.1, -0.05) is 34.4 Å². The van der Waals surface area contributed by atoms with Gasteiger partial charge in [-0.25, -0.2) is 4.79 Å². The molecule has 0 aliphatic carbocycles. The Labute approximate surface area is 113 Å². The lowest BCUT2D eigenvalue weighted by atomic mass is 10.2. The summed E-state index contributed by atoms with van der Waals surface area (Å²) in [6, 6.07) is 4.88. The summed E-state index contributed by atoms with van der Waals surface area (Å²) in [6.45, 7) is 0.960. The predicted molar refractivity (Wildman–Crippen MR) is 67.0 cm³/mol. The molecule has 0 saturated carbocycles. The van der Waals surface area contributed by atoms with E-state index in [-0.39, 0.29) is 6.61 Å². The van der Waals surface area contributed by atoms with E-state index >= 15 is 0 Å². The van der Waals surface area contributed by atoms with Crippen LogP contribution in [0.25, 0.3) is 0 Å². The molecule has 0 aromatic heterocycles. The Morgan fingerprint density at radius 3 is 2.33 bits per heavy atom. The van der Waals surface area contributed by atoms with Crippen molar-refractivity contribution in [3.63, 3.8) is 0 Å². The number of halogens is 2. The summed E-state index contributed by atoms with van der Waals surface area (Å²) in [5, 5.41) is 12.7. The Morgan fingerprint density at radius 2 is 1.89 bits per heavy atom. The lowest BCUT2D eigenvalue weighted by molar-refractivity contribution is -0.130. The van der Waals surface area contributed by atoms with Crippen molar-refractivity contribution < 1.29 is 19.5 Å². The molecule has 0 fully saturated rings. The van der Waals surface area contributed by atoms with E-state index in [0.717, 1.165) is 6.92 Å². The molecule has 18 heavy (non-hydrogen) atoms. The second-order valence-corrected chi connectivity index (χ2v) is 4.09. The lowest BCUT2D eigenvalue weighted by Gasteiger charge is -2.05. The van der Waals surface area contributed by atoms with E-state index in [4.69, 9.17) is 33.1 Å². The third-order valence-electron chi connectivity index (χ3n) is 1.96. The maximum absolute atomic E-state index is 10.9. The average Bonchev–Trinajstić information content (AvgIpc) is 2.26. The van der Waals surface area contributed by atoms with Gasteiger partial charge >= 0.3 is 5.97 Å². The number of nitrogens with zero attached hydrogens (tertiary/aromatic N) is 1. The van der Waals surface area contributed by atoms with Crippen LogP contribution in [0.1, 0.15) is 12.5 Å². The highest BCUT2D eigenvalue weighted by atomic mass is 35.5. The maximum Gasteiger partial charge on any atom is 0.361 e. The quantitative estimate of drug-likeness (QED) is 0.513. The fourth-order valence-electron chi connectivity index (χ4n) is 1.09. The van der Waals surface area contributed by atoms with Crippen LogP contribution in [0.4, 0.5) is 0 Å². The number of Topliss-reactive ketones (excluding diaryl/α,β-unsaturated/α-hetero) is 1. The number of carboxylic acids is 1. The molecule has 0 aliphatic heterocycles. The van der Waals surface area contributed by atoms with Crippen LogP contribution in [0.15, 0.2) is 23.4 Å². The third-order valence-corrected chi connectivity index (χ3v) is 2.67. The SMILES string of the molecule is CC(=O)/C(=N/OCc1c(Cl)cccc1Cl)C(=O)O. The Morgan fingerprint density at radius 1 is 1.33 bits per heavy atom. The summed E-state index contributed by atoms with van der Waals surface area (Å²) >= 11 is 11.7. The van der Waals surface area contributed by atoms with Gasteiger partial charge in [0.15, 0.2) is 5.78 Å². The minimum atomic E-state index is -1.45. The van der Waals surface area contributed by atoms with E-state index in [1.807, 2.05) is 0 Å². The first-order valence-electron chi connectivity index (χ1n) is 4.80. The van der Waals surface area contributed by atoms with Crippen LogP contribution in [0, 0.1) is 0 Å². The number of carboxylic acid groups (broad SMARTS) is 1. The van der Waals surface area contributed by atoms with Crippen LogP contribution in [0.2, 0.25) is 10.0 Å². The van der Waals surface area contributed by atoms with Crippen molar-refractivity contribution in [2.75, 3.05) is 0 Å². The Kier molecular flexibility index (Phi) is 5.12. The van der Waals surface area contributed by atoms with Crippen molar-refractivity contribution in [3.05, 3.63) is 33.8 Å². The molecular weight excluding hydrogens is 281 g/mol. The molecule has 0 bridgehead atoms. The molecule has 96 valence electrons. The van der Waals surface area contributed by atoms with E-state index < -0.39 is 17.5 Å². The number of hydrogen-bond donors (Lipinski definition) is 1. The molecule has 0 unspecified atom stereocenters. The summed E-state index contributed by atoms with van der Waals surface area (Å²) in [6.07, 6.45) is 0. The zero-order valence-corrected chi connectivity index (χ0v) is 10.8. The molecule has 0 aliphatic rings. The van der Waals surface area contributed by atoms with Gasteiger partial charge in [0.05, 0.1) is 0 Å². The van der Waals surface area contributed by atoms with Gasteiger partial charge in [-0.2, -0.15) is 0 Å². The van der Waals surface area contributed by atoms with E-state index in [0.29, 0.717) is 15.6 Å². The molecule has 1 rings (SSSR count). The van der Waals surface area contributed by atoms with E-state index in [1.165, 1.54) is 0 Å². The number of ketones is 1. The largest absolute Gasteiger partial charge is 0.476 e. The highest BCUT2D eigenvalue weighted by Crippen LogP contribution is 2.24. The van der Waals surface area contributed by atoms with Crippen LogP contribution in [-0.2, 0) is 21.0 Å². The molecule has 5 nitrogen and oxygen atoms in total. The summed E-state index contributed by atoms with van der Waals surface area (Å²) in [5.74, 6) is -2.15. The van der Waals surface area contributed by atoms with Crippen LogP contribution in [-0.4, -0.2) is 22.6 Å². The van der Waals surface area contributed by atoms with Gasteiger partial charge < -0.3 is 9.94 Å². The fraction of sp³-hybridized carbons (Fsp3) is 0.182. The Hall–Kier alpha value is -1.59. The molecule has 7 heteroatoms. The standard InChI is InChI=1S/C11H9Cl2NO4/c1-6(15)10(11(16)17)14-18-5-7-8(12)3-2-4-9(7)13/h2-4H,5H2,1H3,(H,16,17)/b14-10-. The van der Waals surface area contributed by atoms with Crippen molar-refractivity contribution in [2.24, 2.45) is 5.16 Å². The monoisotopic (exact) mass is 289 g/mol. The molecule has 0 atom stereocenters. The maximum atomic E-state index is 10.9. The van der Waals surface area contributed by atoms with E-state index in [2.05, 4.69) is 5.16 Å². The third kappa shape index (κ3) is 3.72. The van der Waals surface area contributed by atoms with Gasteiger partial charge in [0.25, 0.3) is 0 Å². The first-order chi connectivity index (χ1) is 8.43. The predicted octanol–water partition coefficient (Wildman–Crippen LogP) is 2.54. The molecule has 0 amide bonds. The zero-order chi connectivity index (χ0) is 13.7. The minimum Gasteiger partial charge on any atom is -0.476 e. The van der Waals surface area contributed by atoms with Crippen LogP contribution in [0.3, 0.4) is 0 Å². The van der Waals surface area contributed by atoms with E-state index in [9.17, 15) is 9.59 Å². The summed E-state index contributed by atoms with van der Waals surface area (Å²) < 4.78 is 0. The summed E-state index contributed by atoms with van der Waals surface area (Å²) in [7, 11) is 0. The molecule has 0 saturated heterocycles. The molecular formula is C11H9Cl2NO4. The minimum absolute atomic E-state index is 0.122. The van der Waals surface area contributed by atoms with Gasteiger partial charge in [0, 0.05) is 22.5 Å². The normalized spacial score (nSPS) is 11.2. The Balaban J connectivity index is 2.80. The number of carbonyl (C=O) groups is 2. The van der Waals surface area contributed by atoms with Crippen molar-refractivity contribution in [2.45, 2.75) is 13.5 Å². The molecule has 0 heterocycles. The number of carbonyl (C=O) groups excluding carboxylic acids is 1. The first kappa shape index (κ1) is 14.5. The number of aliphatic carboxylic acids is 1. The highest BCUT2D eigenvalue weighted by molar-refractivity contribution is 6.63.